The lowest BCUT2D eigenvalue weighted by molar-refractivity contribution is -0.128. The van der Waals surface area contributed by atoms with Gasteiger partial charge in [0, 0.05) is 24.3 Å². The zero-order valence-electron chi connectivity index (χ0n) is 17.4. The van der Waals surface area contributed by atoms with Crippen molar-refractivity contribution in [3.05, 3.63) is 48.2 Å². The molecule has 6 nitrogen and oxygen atoms in total. The Labute approximate surface area is 190 Å². The number of para-hydroxylation sites is 2. The van der Waals surface area contributed by atoms with Gasteiger partial charge in [0.15, 0.2) is 11.5 Å². The second-order valence-corrected chi connectivity index (χ2v) is 7.51. The van der Waals surface area contributed by atoms with Gasteiger partial charge in [-0.25, -0.2) is 4.98 Å². The predicted molar refractivity (Wildman–Crippen MR) is 123 cm³/mol. The van der Waals surface area contributed by atoms with Gasteiger partial charge in [0.2, 0.25) is 11.8 Å². The van der Waals surface area contributed by atoms with E-state index in [1.54, 1.807) is 12.3 Å². The Morgan fingerprint density at radius 3 is 2.57 bits per heavy atom. The lowest BCUT2D eigenvalue weighted by Gasteiger charge is -2.37. The van der Waals surface area contributed by atoms with Crippen LogP contribution >= 0.6 is 24.8 Å². The van der Waals surface area contributed by atoms with Crippen molar-refractivity contribution in [3.63, 3.8) is 0 Å². The highest BCUT2D eigenvalue weighted by atomic mass is 35.5. The minimum atomic E-state index is -0.424. The number of aromatic nitrogens is 1. The van der Waals surface area contributed by atoms with E-state index < -0.39 is 5.54 Å². The van der Waals surface area contributed by atoms with E-state index in [-0.39, 0.29) is 36.6 Å². The average molecular weight is 456 g/mol. The van der Waals surface area contributed by atoms with Gasteiger partial charge in [0.25, 0.3) is 0 Å². The molecule has 30 heavy (non-hydrogen) atoms. The second-order valence-electron chi connectivity index (χ2n) is 7.51. The Kier molecular flexibility index (Phi) is 10.4. The Hall–Kier alpha value is -2.02. The molecule has 1 aromatic carbocycles. The zero-order chi connectivity index (χ0) is 20.0. The number of nitrogens with zero attached hydrogens (tertiary/aromatic N) is 1. The molecule has 166 valence electrons. The van der Waals surface area contributed by atoms with Crippen LogP contribution in [0.25, 0.3) is 0 Å². The van der Waals surface area contributed by atoms with Crippen LogP contribution < -0.4 is 20.5 Å². The van der Waals surface area contributed by atoms with Crippen LogP contribution in [0.15, 0.2) is 42.6 Å². The van der Waals surface area contributed by atoms with Crippen molar-refractivity contribution >= 4 is 30.7 Å². The van der Waals surface area contributed by atoms with Crippen molar-refractivity contribution in [3.8, 4) is 17.4 Å². The number of hydrogen-bond donors (Lipinski definition) is 2. The molecule has 1 aliphatic rings. The summed E-state index contributed by atoms with van der Waals surface area (Å²) in [6, 6.07) is 11.2. The molecule has 1 heterocycles. The SMILES string of the molecule is CCOc1ccccc1Oc1ccc(CNC(=O)C2CCCCC2(C)N)cn1.Cl.Cl. The fourth-order valence-corrected chi connectivity index (χ4v) is 3.60. The van der Waals surface area contributed by atoms with Crippen molar-refractivity contribution in [2.24, 2.45) is 11.7 Å². The first kappa shape index (κ1) is 26.0. The summed E-state index contributed by atoms with van der Waals surface area (Å²) in [7, 11) is 0. The van der Waals surface area contributed by atoms with Crippen molar-refractivity contribution in [2.45, 2.75) is 51.6 Å². The van der Waals surface area contributed by atoms with E-state index in [4.69, 9.17) is 15.2 Å². The highest BCUT2D eigenvalue weighted by Crippen LogP contribution is 2.32. The summed E-state index contributed by atoms with van der Waals surface area (Å²) in [6.45, 7) is 4.90. The van der Waals surface area contributed by atoms with Crippen molar-refractivity contribution in [1.82, 2.24) is 10.3 Å². The Balaban J connectivity index is 0.00000225. The van der Waals surface area contributed by atoms with E-state index in [1.165, 1.54) is 0 Å². The molecular weight excluding hydrogens is 425 g/mol. The van der Waals surface area contributed by atoms with Gasteiger partial charge in [0.1, 0.15) is 0 Å². The third-order valence-electron chi connectivity index (χ3n) is 5.20. The van der Waals surface area contributed by atoms with Crippen LogP contribution in [0, 0.1) is 5.92 Å². The number of halogens is 2. The first-order valence-electron chi connectivity index (χ1n) is 9.91. The monoisotopic (exact) mass is 455 g/mol. The summed E-state index contributed by atoms with van der Waals surface area (Å²) >= 11 is 0. The van der Waals surface area contributed by atoms with Gasteiger partial charge in [-0.3, -0.25) is 4.79 Å². The number of amides is 1. The lowest BCUT2D eigenvalue weighted by atomic mass is 9.74. The minimum Gasteiger partial charge on any atom is -0.490 e. The summed E-state index contributed by atoms with van der Waals surface area (Å²) in [4.78, 5) is 16.9. The number of carbonyl (C=O) groups excluding carboxylic acids is 1. The molecule has 1 saturated carbocycles. The molecule has 0 spiro atoms. The van der Waals surface area contributed by atoms with Crippen molar-refractivity contribution < 1.29 is 14.3 Å². The number of pyridine rings is 1. The molecule has 1 aliphatic carbocycles. The highest BCUT2D eigenvalue weighted by molar-refractivity contribution is 5.85. The van der Waals surface area contributed by atoms with E-state index in [2.05, 4.69) is 10.3 Å². The van der Waals surface area contributed by atoms with Crippen LogP contribution in [-0.4, -0.2) is 23.0 Å². The Morgan fingerprint density at radius 1 is 1.20 bits per heavy atom. The molecule has 1 aromatic heterocycles. The van der Waals surface area contributed by atoms with E-state index in [0.29, 0.717) is 30.5 Å². The molecule has 2 atom stereocenters. The van der Waals surface area contributed by atoms with Crippen LogP contribution in [0.1, 0.15) is 45.1 Å². The van der Waals surface area contributed by atoms with E-state index in [0.717, 1.165) is 31.2 Å². The zero-order valence-corrected chi connectivity index (χ0v) is 19.1. The van der Waals surface area contributed by atoms with E-state index in [1.807, 2.05) is 44.2 Å². The van der Waals surface area contributed by atoms with Gasteiger partial charge in [-0.1, -0.05) is 31.0 Å². The second kappa shape index (κ2) is 12.0. The van der Waals surface area contributed by atoms with E-state index in [9.17, 15) is 4.79 Å². The minimum absolute atomic E-state index is 0. The average Bonchev–Trinajstić information content (AvgIpc) is 2.68. The number of ether oxygens (including phenoxy) is 2. The van der Waals surface area contributed by atoms with Crippen LogP contribution in [0.5, 0.6) is 17.4 Å². The van der Waals surface area contributed by atoms with Gasteiger partial charge >= 0.3 is 0 Å². The van der Waals surface area contributed by atoms with Gasteiger partial charge < -0.3 is 20.5 Å². The number of nitrogens with one attached hydrogen (secondary N) is 1. The molecule has 8 heteroatoms. The largest absolute Gasteiger partial charge is 0.490 e. The van der Waals surface area contributed by atoms with Crippen LogP contribution in [-0.2, 0) is 11.3 Å². The number of carbonyl (C=O) groups is 1. The quantitative estimate of drug-likeness (QED) is 0.634. The molecular formula is C22H31Cl2N3O3. The van der Waals surface area contributed by atoms with Gasteiger partial charge in [-0.2, -0.15) is 0 Å². The molecule has 2 aromatic rings. The Bertz CT molecular complexity index is 800. The molecule has 0 aliphatic heterocycles. The summed E-state index contributed by atoms with van der Waals surface area (Å²) in [5.74, 6) is 1.67. The lowest BCUT2D eigenvalue weighted by Crippen LogP contribution is -2.52. The fourth-order valence-electron chi connectivity index (χ4n) is 3.60. The molecule has 3 N–H and O–H groups in total. The maximum atomic E-state index is 12.5. The third-order valence-corrected chi connectivity index (χ3v) is 5.20. The first-order chi connectivity index (χ1) is 13.5. The molecule has 0 radical (unpaired) electrons. The maximum absolute atomic E-state index is 12.5. The predicted octanol–water partition coefficient (Wildman–Crippen LogP) is 4.64. The normalized spacial score (nSPS) is 20.3. The molecule has 2 unspecified atom stereocenters. The smallest absolute Gasteiger partial charge is 0.225 e. The van der Waals surface area contributed by atoms with Crippen LogP contribution in [0.4, 0.5) is 0 Å². The molecule has 0 saturated heterocycles. The summed E-state index contributed by atoms with van der Waals surface area (Å²) in [5.41, 5.74) is 6.80. The molecule has 0 bridgehead atoms. The topological polar surface area (TPSA) is 86.5 Å². The van der Waals surface area contributed by atoms with Gasteiger partial charge in [0.05, 0.1) is 12.5 Å². The maximum Gasteiger partial charge on any atom is 0.225 e. The van der Waals surface area contributed by atoms with Crippen molar-refractivity contribution in [2.75, 3.05) is 6.61 Å². The van der Waals surface area contributed by atoms with Crippen LogP contribution in [0.2, 0.25) is 0 Å². The summed E-state index contributed by atoms with van der Waals surface area (Å²) in [6.07, 6.45) is 5.60. The van der Waals surface area contributed by atoms with Gasteiger partial charge in [-0.15, -0.1) is 24.8 Å². The Morgan fingerprint density at radius 2 is 1.93 bits per heavy atom. The van der Waals surface area contributed by atoms with E-state index >= 15 is 0 Å². The van der Waals surface area contributed by atoms with Crippen molar-refractivity contribution in [1.29, 1.82) is 0 Å². The number of rotatable bonds is 7. The summed E-state index contributed by atoms with van der Waals surface area (Å²) < 4.78 is 11.4. The molecule has 1 fully saturated rings. The number of nitrogens with two attached hydrogens (primary N) is 1. The molecule has 3 rings (SSSR count). The molecule has 1 amide bonds. The summed E-state index contributed by atoms with van der Waals surface area (Å²) in [5, 5.41) is 3.00. The fraction of sp³-hybridized carbons (Fsp3) is 0.455. The number of hydrogen-bond acceptors (Lipinski definition) is 5. The van der Waals surface area contributed by atoms with Gasteiger partial charge in [-0.05, 0) is 44.4 Å². The third kappa shape index (κ3) is 6.76. The standard InChI is InChI=1S/C22H29N3O3.2ClH/c1-3-27-18-9-4-5-10-19(18)28-20-12-11-16(14-24-20)15-25-21(26)17-8-6-7-13-22(17,2)23;;/h4-5,9-12,14,17H,3,6-8,13,15,23H2,1-2H3,(H,25,26);2*1H. The number of benzene rings is 1. The van der Waals surface area contributed by atoms with Crippen LogP contribution in [0.3, 0.4) is 0 Å². The first-order valence-corrected chi connectivity index (χ1v) is 9.91. The highest BCUT2D eigenvalue weighted by Gasteiger charge is 2.37.